The van der Waals surface area contributed by atoms with Gasteiger partial charge in [0.05, 0.1) is 18.7 Å². The molecule has 2 atom stereocenters. The Hall–Kier alpha value is -2.17. The first kappa shape index (κ1) is 12.8. The molecule has 0 bridgehead atoms. The monoisotopic (exact) mass is 271 g/mol. The molecule has 104 valence electrons. The van der Waals surface area contributed by atoms with Crippen LogP contribution in [-0.2, 0) is 11.3 Å². The highest BCUT2D eigenvalue weighted by atomic mass is 16.5. The molecule has 1 aliphatic rings. The number of aromatic nitrogens is 3. The highest BCUT2D eigenvalue weighted by Gasteiger charge is 2.33. The van der Waals surface area contributed by atoms with Crippen LogP contribution in [0.25, 0.3) is 0 Å². The van der Waals surface area contributed by atoms with Gasteiger partial charge in [-0.15, -0.1) is 0 Å². The lowest BCUT2D eigenvalue weighted by molar-refractivity contribution is 0.0480. The molecule has 1 saturated carbocycles. The molecule has 3 rings (SSSR count). The Morgan fingerprint density at radius 1 is 1.45 bits per heavy atom. The van der Waals surface area contributed by atoms with Gasteiger partial charge in [-0.05, 0) is 29.9 Å². The molecule has 1 aromatic carbocycles. The van der Waals surface area contributed by atoms with Crippen LogP contribution in [0.3, 0.4) is 0 Å². The lowest BCUT2D eigenvalue weighted by Gasteiger charge is -2.09. The van der Waals surface area contributed by atoms with Gasteiger partial charge in [-0.1, -0.05) is 25.1 Å². The van der Waals surface area contributed by atoms with Gasteiger partial charge in [-0.2, -0.15) is 5.10 Å². The molecule has 0 N–H and O–H groups in total. The third-order valence-corrected chi connectivity index (χ3v) is 3.74. The third kappa shape index (κ3) is 2.87. The van der Waals surface area contributed by atoms with E-state index in [1.807, 2.05) is 18.2 Å². The van der Waals surface area contributed by atoms with Crippen LogP contribution in [0.2, 0.25) is 0 Å². The van der Waals surface area contributed by atoms with Gasteiger partial charge < -0.3 is 4.74 Å². The van der Waals surface area contributed by atoms with Crippen molar-refractivity contribution in [3.05, 3.63) is 48.0 Å². The van der Waals surface area contributed by atoms with E-state index in [1.165, 1.54) is 6.33 Å². The van der Waals surface area contributed by atoms with Crippen LogP contribution in [0.4, 0.5) is 0 Å². The predicted molar refractivity (Wildman–Crippen MR) is 73.1 cm³/mol. The molecule has 1 fully saturated rings. The number of carbonyl (C=O) groups excluding carboxylic acids is 1. The zero-order chi connectivity index (χ0) is 13.9. The van der Waals surface area contributed by atoms with Gasteiger partial charge in [0.1, 0.15) is 12.7 Å². The molecule has 20 heavy (non-hydrogen) atoms. The van der Waals surface area contributed by atoms with E-state index in [0.717, 1.165) is 12.0 Å². The molecule has 1 aromatic heterocycles. The second kappa shape index (κ2) is 5.45. The van der Waals surface area contributed by atoms with Crippen molar-refractivity contribution in [2.24, 2.45) is 11.8 Å². The fourth-order valence-corrected chi connectivity index (χ4v) is 2.24. The number of hydrogen-bond donors (Lipinski definition) is 0. The number of ether oxygens (including phenoxy) is 1. The summed E-state index contributed by atoms with van der Waals surface area (Å²) in [5.74, 6) is 0.981. The summed E-state index contributed by atoms with van der Waals surface area (Å²) in [6.45, 7) is 3.22. The maximum absolute atomic E-state index is 12.2. The molecule has 2 aromatic rings. The number of hydrogen-bond acceptors (Lipinski definition) is 4. The Morgan fingerprint density at radius 2 is 2.25 bits per heavy atom. The molecule has 0 saturated heterocycles. The van der Waals surface area contributed by atoms with Crippen LogP contribution < -0.4 is 0 Å². The average molecular weight is 271 g/mol. The Bertz CT molecular complexity index is 595. The highest BCUT2D eigenvalue weighted by Crippen LogP contribution is 2.37. The van der Waals surface area contributed by atoms with Crippen molar-refractivity contribution in [3.63, 3.8) is 0 Å². The summed E-state index contributed by atoms with van der Waals surface area (Å²) in [6.07, 6.45) is 4.28. The van der Waals surface area contributed by atoms with E-state index in [0.29, 0.717) is 30.6 Å². The second-order valence-corrected chi connectivity index (χ2v) is 5.32. The van der Waals surface area contributed by atoms with Gasteiger partial charge in [0.15, 0.2) is 0 Å². The van der Waals surface area contributed by atoms with Crippen LogP contribution in [0.15, 0.2) is 36.9 Å². The summed E-state index contributed by atoms with van der Waals surface area (Å²) < 4.78 is 7.09. The molecular weight excluding hydrogens is 254 g/mol. The second-order valence-electron chi connectivity index (χ2n) is 5.32. The molecule has 0 aliphatic heterocycles. The molecular formula is C15H17N3O2. The van der Waals surface area contributed by atoms with Gasteiger partial charge in [-0.3, -0.25) is 0 Å². The van der Waals surface area contributed by atoms with E-state index in [2.05, 4.69) is 17.0 Å². The maximum Gasteiger partial charge on any atom is 0.338 e. The van der Waals surface area contributed by atoms with E-state index >= 15 is 0 Å². The average Bonchev–Trinajstić information content (AvgIpc) is 2.93. The molecule has 0 spiro atoms. The number of rotatable bonds is 5. The predicted octanol–water partition coefficient (Wildman–Crippen LogP) is 2.14. The molecule has 5 nitrogen and oxygen atoms in total. The minimum atomic E-state index is -0.250. The van der Waals surface area contributed by atoms with Gasteiger partial charge in [-0.25, -0.2) is 14.5 Å². The number of esters is 1. The maximum atomic E-state index is 12.2. The van der Waals surface area contributed by atoms with Gasteiger partial charge in [0.25, 0.3) is 0 Å². The first-order valence-electron chi connectivity index (χ1n) is 6.81. The van der Waals surface area contributed by atoms with Crippen molar-refractivity contribution in [1.29, 1.82) is 0 Å². The third-order valence-electron chi connectivity index (χ3n) is 3.74. The van der Waals surface area contributed by atoms with Gasteiger partial charge in [0, 0.05) is 0 Å². The number of benzene rings is 1. The molecule has 0 amide bonds. The summed E-state index contributed by atoms with van der Waals surface area (Å²) in [7, 11) is 0. The molecule has 2 unspecified atom stereocenters. The fourth-order valence-electron chi connectivity index (χ4n) is 2.24. The smallest absolute Gasteiger partial charge is 0.338 e. The van der Waals surface area contributed by atoms with Crippen molar-refractivity contribution in [2.45, 2.75) is 19.9 Å². The lowest BCUT2D eigenvalue weighted by Crippen LogP contribution is -2.12. The minimum absolute atomic E-state index is 0.250. The van der Waals surface area contributed by atoms with E-state index < -0.39 is 0 Å². The Labute approximate surface area is 117 Å². The van der Waals surface area contributed by atoms with E-state index in [1.54, 1.807) is 17.1 Å². The summed E-state index contributed by atoms with van der Waals surface area (Å²) in [4.78, 5) is 16.1. The van der Waals surface area contributed by atoms with Crippen molar-refractivity contribution in [2.75, 3.05) is 6.61 Å². The molecule has 1 heterocycles. The van der Waals surface area contributed by atoms with Crippen molar-refractivity contribution in [3.8, 4) is 0 Å². The van der Waals surface area contributed by atoms with Gasteiger partial charge >= 0.3 is 5.97 Å². The van der Waals surface area contributed by atoms with Crippen LogP contribution in [0, 0.1) is 11.8 Å². The Morgan fingerprint density at radius 3 is 2.95 bits per heavy atom. The zero-order valence-electron chi connectivity index (χ0n) is 11.4. The summed E-state index contributed by atoms with van der Waals surface area (Å²) >= 11 is 0. The van der Waals surface area contributed by atoms with E-state index in [4.69, 9.17) is 4.74 Å². The van der Waals surface area contributed by atoms with Gasteiger partial charge in [0.2, 0.25) is 0 Å². The van der Waals surface area contributed by atoms with Crippen LogP contribution in [0.5, 0.6) is 0 Å². The van der Waals surface area contributed by atoms with E-state index in [-0.39, 0.29) is 5.97 Å². The standard InChI is InChI=1S/C15H17N3O2/c1-11-6-13(11)8-20-15(19)14-5-3-2-4-12(14)7-18-10-16-9-17-18/h2-5,9-11,13H,6-8H2,1H3. The van der Waals surface area contributed by atoms with Crippen molar-refractivity contribution < 1.29 is 9.53 Å². The zero-order valence-corrected chi connectivity index (χ0v) is 11.4. The largest absolute Gasteiger partial charge is 0.462 e. The summed E-state index contributed by atoms with van der Waals surface area (Å²) in [6, 6.07) is 7.47. The SMILES string of the molecule is CC1CC1COC(=O)c1ccccc1Cn1cncn1. The van der Waals surface area contributed by atoms with Crippen LogP contribution in [-0.4, -0.2) is 27.3 Å². The summed E-state index contributed by atoms with van der Waals surface area (Å²) in [5, 5.41) is 4.06. The quantitative estimate of drug-likeness (QED) is 0.782. The van der Waals surface area contributed by atoms with Crippen LogP contribution in [0.1, 0.15) is 29.3 Å². The molecule has 5 heteroatoms. The first-order valence-corrected chi connectivity index (χ1v) is 6.81. The lowest BCUT2D eigenvalue weighted by atomic mass is 10.1. The molecule has 0 radical (unpaired) electrons. The molecule has 1 aliphatic carbocycles. The van der Waals surface area contributed by atoms with Crippen molar-refractivity contribution in [1.82, 2.24) is 14.8 Å². The normalized spacial score (nSPS) is 20.6. The van der Waals surface area contributed by atoms with Crippen LogP contribution >= 0.6 is 0 Å². The minimum Gasteiger partial charge on any atom is -0.462 e. The Kier molecular flexibility index (Phi) is 3.50. The Balaban J connectivity index is 1.69. The fraction of sp³-hybridized carbons (Fsp3) is 0.400. The topological polar surface area (TPSA) is 57.0 Å². The van der Waals surface area contributed by atoms with E-state index in [9.17, 15) is 4.79 Å². The summed E-state index contributed by atoms with van der Waals surface area (Å²) in [5.41, 5.74) is 1.50. The number of nitrogens with zero attached hydrogens (tertiary/aromatic N) is 3. The van der Waals surface area contributed by atoms with Crippen molar-refractivity contribution >= 4 is 5.97 Å². The number of carbonyl (C=O) groups is 1. The first-order chi connectivity index (χ1) is 9.74. The highest BCUT2D eigenvalue weighted by molar-refractivity contribution is 5.91.